The standard InChI is InChI=1S/C27H37NO4/c1-3-5-7-8-9-11-21-31-24-17-19-25(20-18-24)32-27(30)22-13-15-23(16-14-22)28-26(29)12-10-6-4-2/h13-20H,3-12,21H2,1-2H3,(H,28,29). The van der Waals surface area contributed by atoms with Crippen LogP contribution in [0.4, 0.5) is 5.69 Å². The van der Waals surface area contributed by atoms with Gasteiger partial charge in [0.05, 0.1) is 12.2 Å². The number of unbranched alkanes of at least 4 members (excludes halogenated alkanes) is 7. The van der Waals surface area contributed by atoms with E-state index in [1.54, 1.807) is 36.4 Å². The largest absolute Gasteiger partial charge is 0.494 e. The third-order valence-electron chi connectivity index (χ3n) is 5.21. The average molecular weight is 440 g/mol. The van der Waals surface area contributed by atoms with Crippen molar-refractivity contribution in [3.63, 3.8) is 0 Å². The van der Waals surface area contributed by atoms with Gasteiger partial charge >= 0.3 is 5.97 Å². The number of ether oxygens (including phenoxy) is 2. The zero-order valence-corrected chi connectivity index (χ0v) is 19.5. The number of hydrogen-bond donors (Lipinski definition) is 1. The average Bonchev–Trinajstić information content (AvgIpc) is 2.80. The van der Waals surface area contributed by atoms with E-state index in [0.717, 1.165) is 31.4 Å². The van der Waals surface area contributed by atoms with E-state index in [1.807, 2.05) is 12.1 Å². The van der Waals surface area contributed by atoms with Gasteiger partial charge < -0.3 is 14.8 Å². The van der Waals surface area contributed by atoms with E-state index in [0.29, 0.717) is 30.0 Å². The van der Waals surface area contributed by atoms with Crippen LogP contribution in [0.2, 0.25) is 0 Å². The summed E-state index contributed by atoms with van der Waals surface area (Å²) in [6, 6.07) is 13.8. The van der Waals surface area contributed by atoms with Gasteiger partial charge in [0.1, 0.15) is 11.5 Å². The Morgan fingerprint density at radius 3 is 2.00 bits per heavy atom. The molecule has 2 aromatic rings. The topological polar surface area (TPSA) is 64.6 Å². The van der Waals surface area contributed by atoms with Crippen molar-refractivity contribution < 1.29 is 19.1 Å². The van der Waals surface area contributed by atoms with E-state index in [4.69, 9.17) is 9.47 Å². The summed E-state index contributed by atoms with van der Waals surface area (Å²) >= 11 is 0. The van der Waals surface area contributed by atoms with Gasteiger partial charge in [-0.05, 0) is 61.4 Å². The first-order valence-electron chi connectivity index (χ1n) is 12.0. The molecule has 0 saturated carbocycles. The van der Waals surface area contributed by atoms with Gasteiger partial charge in [0, 0.05) is 12.1 Å². The van der Waals surface area contributed by atoms with E-state index in [1.165, 1.54) is 32.1 Å². The minimum atomic E-state index is -0.438. The molecule has 32 heavy (non-hydrogen) atoms. The number of benzene rings is 2. The summed E-state index contributed by atoms with van der Waals surface area (Å²) in [5.41, 5.74) is 1.10. The Kier molecular flexibility index (Phi) is 12.0. The Bertz CT molecular complexity index is 799. The summed E-state index contributed by atoms with van der Waals surface area (Å²) in [6.45, 7) is 5.03. The summed E-state index contributed by atoms with van der Waals surface area (Å²) in [4.78, 5) is 24.3. The van der Waals surface area contributed by atoms with Crippen LogP contribution >= 0.6 is 0 Å². The normalized spacial score (nSPS) is 10.6. The van der Waals surface area contributed by atoms with Gasteiger partial charge in [0.2, 0.25) is 5.91 Å². The lowest BCUT2D eigenvalue weighted by atomic mass is 10.1. The van der Waals surface area contributed by atoms with Gasteiger partial charge in [0.25, 0.3) is 0 Å². The van der Waals surface area contributed by atoms with Crippen molar-refractivity contribution >= 4 is 17.6 Å². The van der Waals surface area contributed by atoms with Crippen molar-refractivity contribution in [2.75, 3.05) is 11.9 Å². The highest BCUT2D eigenvalue weighted by Crippen LogP contribution is 2.20. The predicted octanol–water partition coefficient (Wildman–Crippen LogP) is 7.16. The van der Waals surface area contributed by atoms with Crippen LogP contribution in [0.3, 0.4) is 0 Å². The van der Waals surface area contributed by atoms with Crippen molar-refractivity contribution in [2.24, 2.45) is 0 Å². The molecule has 0 radical (unpaired) electrons. The molecule has 2 rings (SSSR count). The third kappa shape index (κ3) is 9.99. The Balaban J connectivity index is 1.73. The first-order valence-corrected chi connectivity index (χ1v) is 12.0. The molecule has 5 heteroatoms. The Morgan fingerprint density at radius 1 is 0.719 bits per heavy atom. The maximum Gasteiger partial charge on any atom is 0.343 e. The summed E-state index contributed by atoms with van der Waals surface area (Å²) in [5, 5.41) is 2.85. The molecule has 1 N–H and O–H groups in total. The van der Waals surface area contributed by atoms with Crippen LogP contribution < -0.4 is 14.8 Å². The van der Waals surface area contributed by atoms with Gasteiger partial charge in [-0.1, -0.05) is 58.8 Å². The minimum Gasteiger partial charge on any atom is -0.494 e. The van der Waals surface area contributed by atoms with Crippen LogP contribution in [-0.2, 0) is 4.79 Å². The maximum absolute atomic E-state index is 12.4. The fourth-order valence-electron chi connectivity index (χ4n) is 3.29. The molecule has 0 aliphatic rings. The smallest absolute Gasteiger partial charge is 0.343 e. The molecular formula is C27H37NO4. The highest BCUT2D eigenvalue weighted by atomic mass is 16.5. The minimum absolute atomic E-state index is 0.00687. The van der Waals surface area contributed by atoms with Gasteiger partial charge in [-0.2, -0.15) is 0 Å². The van der Waals surface area contributed by atoms with Gasteiger partial charge in [-0.3, -0.25) is 4.79 Å². The van der Waals surface area contributed by atoms with E-state index in [2.05, 4.69) is 19.2 Å². The molecule has 2 aromatic carbocycles. The molecule has 0 aliphatic heterocycles. The van der Waals surface area contributed by atoms with Crippen molar-refractivity contribution in [3.8, 4) is 11.5 Å². The van der Waals surface area contributed by atoms with E-state index >= 15 is 0 Å². The second-order valence-corrected chi connectivity index (χ2v) is 8.06. The van der Waals surface area contributed by atoms with E-state index < -0.39 is 5.97 Å². The van der Waals surface area contributed by atoms with Crippen LogP contribution in [0.25, 0.3) is 0 Å². The number of esters is 1. The second-order valence-electron chi connectivity index (χ2n) is 8.06. The van der Waals surface area contributed by atoms with Crippen LogP contribution in [0.1, 0.15) is 88.4 Å². The van der Waals surface area contributed by atoms with Gasteiger partial charge in [-0.25, -0.2) is 4.79 Å². The monoisotopic (exact) mass is 439 g/mol. The molecule has 5 nitrogen and oxygen atoms in total. The summed E-state index contributed by atoms with van der Waals surface area (Å²) < 4.78 is 11.2. The number of nitrogens with one attached hydrogen (secondary N) is 1. The first kappa shape index (κ1) is 25.4. The second kappa shape index (κ2) is 15.1. The SMILES string of the molecule is CCCCCCCCOc1ccc(OC(=O)c2ccc(NC(=O)CCCCC)cc2)cc1. The fourth-order valence-corrected chi connectivity index (χ4v) is 3.29. The van der Waals surface area contributed by atoms with Gasteiger partial charge in [-0.15, -0.1) is 0 Å². The zero-order chi connectivity index (χ0) is 23.0. The van der Waals surface area contributed by atoms with Crippen LogP contribution in [-0.4, -0.2) is 18.5 Å². The van der Waals surface area contributed by atoms with Crippen molar-refractivity contribution in [1.29, 1.82) is 0 Å². The molecule has 0 saturated heterocycles. The predicted molar refractivity (Wildman–Crippen MR) is 129 cm³/mol. The van der Waals surface area contributed by atoms with Crippen molar-refractivity contribution in [1.82, 2.24) is 0 Å². The first-order chi connectivity index (χ1) is 15.6. The summed E-state index contributed by atoms with van der Waals surface area (Å²) in [5.74, 6) is 0.798. The van der Waals surface area contributed by atoms with Crippen molar-refractivity contribution in [3.05, 3.63) is 54.1 Å². The van der Waals surface area contributed by atoms with E-state index in [9.17, 15) is 9.59 Å². The highest BCUT2D eigenvalue weighted by Gasteiger charge is 2.10. The molecule has 174 valence electrons. The van der Waals surface area contributed by atoms with Crippen LogP contribution in [0, 0.1) is 0 Å². The zero-order valence-electron chi connectivity index (χ0n) is 19.5. The quantitative estimate of drug-likeness (QED) is 0.182. The molecule has 0 aliphatic carbocycles. The Labute approximate surface area is 192 Å². The number of rotatable bonds is 15. The number of anilines is 1. The molecular weight excluding hydrogens is 402 g/mol. The number of amides is 1. The van der Waals surface area contributed by atoms with Crippen LogP contribution in [0.15, 0.2) is 48.5 Å². The Morgan fingerprint density at radius 2 is 1.31 bits per heavy atom. The van der Waals surface area contributed by atoms with Crippen LogP contribution in [0.5, 0.6) is 11.5 Å². The lowest BCUT2D eigenvalue weighted by Gasteiger charge is -2.09. The van der Waals surface area contributed by atoms with Crippen molar-refractivity contribution in [2.45, 2.75) is 78.1 Å². The fraction of sp³-hybridized carbons (Fsp3) is 0.481. The number of carbonyl (C=O) groups excluding carboxylic acids is 2. The highest BCUT2D eigenvalue weighted by molar-refractivity contribution is 5.93. The summed E-state index contributed by atoms with van der Waals surface area (Å²) in [7, 11) is 0. The summed E-state index contributed by atoms with van der Waals surface area (Å²) in [6.07, 6.45) is 10.9. The number of hydrogen-bond acceptors (Lipinski definition) is 4. The Hall–Kier alpha value is -2.82. The molecule has 0 bridgehead atoms. The molecule has 0 fully saturated rings. The van der Waals surface area contributed by atoms with Gasteiger partial charge in [0.15, 0.2) is 0 Å². The molecule has 0 unspecified atom stereocenters. The molecule has 1 amide bonds. The molecule has 0 spiro atoms. The molecule has 0 heterocycles. The molecule has 0 atom stereocenters. The van der Waals surface area contributed by atoms with E-state index in [-0.39, 0.29) is 5.91 Å². The lowest BCUT2D eigenvalue weighted by molar-refractivity contribution is -0.116. The lowest BCUT2D eigenvalue weighted by Crippen LogP contribution is -2.12. The number of carbonyl (C=O) groups is 2. The third-order valence-corrected chi connectivity index (χ3v) is 5.21. The molecule has 0 aromatic heterocycles. The maximum atomic E-state index is 12.4.